The number of hydrogen-bond acceptors (Lipinski definition) is 4. The van der Waals surface area contributed by atoms with E-state index in [2.05, 4.69) is 17.0 Å². The van der Waals surface area contributed by atoms with E-state index in [1.54, 1.807) is 6.07 Å². The van der Waals surface area contributed by atoms with Crippen LogP contribution in [0.2, 0.25) is 0 Å². The third-order valence-electron chi connectivity index (χ3n) is 2.24. The van der Waals surface area contributed by atoms with Crippen LogP contribution < -0.4 is 10.0 Å². The first-order valence-corrected chi connectivity index (χ1v) is 8.19. The molecule has 2 N–H and O–H groups in total. The Bertz CT molecular complexity index is 426. The van der Waals surface area contributed by atoms with Gasteiger partial charge in [-0.25, -0.2) is 13.1 Å². The van der Waals surface area contributed by atoms with E-state index in [9.17, 15) is 8.42 Å². The van der Waals surface area contributed by atoms with E-state index in [4.69, 9.17) is 0 Å². The molecule has 0 bridgehead atoms. The van der Waals surface area contributed by atoms with Crippen molar-refractivity contribution in [1.82, 2.24) is 10.0 Å². The van der Waals surface area contributed by atoms with Gasteiger partial charge in [-0.05, 0) is 38.1 Å². The van der Waals surface area contributed by atoms with Gasteiger partial charge in [0, 0.05) is 11.4 Å². The summed E-state index contributed by atoms with van der Waals surface area (Å²) in [6, 6.07) is 3.58. The summed E-state index contributed by atoms with van der Waals surface area (Å²) in [5.41, 5.74) is 0. The Labute approximate surface area is 107 Å². The van der Waals surface area contributed by atoms with Crippen LogP contribution in [0.4, 0.5) is 0 Å². The highest BCUT2D eigenvalue weighted by Crippen LogP contribution is 2.21. The molecule has 17 heavy (non-hydrogen) atoms. The number of rotatable bonds is 8. The molecule has 0 spiro atoms. The van der Waals surface area contributed by atoms with Crippen LogP contribution in [0.5, 0.6) is 0 Å². The van der Waals surface area contributed by atoms with Crippen LogP contribution in [0.1, 0.15) is 25.1 Å². The minimum absolute atomic E-state index is 0.414. The monoisotopic (exact) mass is 276 g/mol. The Morgan fingerprint density at radius 3 is 2.65 bits per heavy atom. The minimum Gasteiger partial charge on any atom is -0.317 e. The predicted molar refractivity (Wildman–Crippen MR) is 72.0 cm³/mol. The molecule has 98 valence electrons. The fraction of sp³-hybridized carbons (Fsp3) is 0.636. The number of thiophene rings is 1. The number of hydrogen-bond donors (Lipinski definition) is 2. The second-order valence-electron chi connectivity index (χ2n) is 3.72. The SMILES string of the molecule is CCCNS(=O)(=O)c1ccc(CCNCC)s1. The lowest BCUT2D eigenvalue weighted by Crippen LogP contribution is -2.23. The molecule has 0 aliphatic heterocycles. The molecule has 0 radical (unpaired) electrons. The fourth-order valence-electron chi connectivity index (χ4n) is 1.33. The quantitative estimate of drug-likeness (QED) is 0.709. The third-order valence-corrected chi connectivity index (χ3v) is 5.34. The smallest absolute Gasteiger partial charge is 0.250 e. The van der Waals surface area contributed by atoms with Gasteiger partial charge in [0.25, 0.3) is 0 Å². The molecule has 0 saturated heterocycles. The molecule has 4 nitrogen and oxygen atoms in total. The first-order chi connectivity index (χ1) is 8.10. The average molecular weight is 276 g/mol. The van der Waals surface area contributed by atoms with Crippen molar-refractivity contribution in [2.45, 2.75) is 30.9 Å². The van der Waals surface area contributed by atoms with Crippen molar-refractivity contribution in [1.29, 1.82) is 0 Å². The van der Waals surface area contributed by atoms with Gasteiger partial charge in [-0.2, -0.15) is 0 Å². The van der Waals surface area contributed by atoms with Gasteiger partial charge in [0.15, 0.2) is 0 Å². The van der Waals surface area contributed by atoms with Crippen molar-refractivity contribution in [3.05, 3.63) is 17.0 Å². The summed E-state index contributed by atoms with van der Waals surface area (Å²) in [6.07, 6.45) is 1.68. The summed E-state index contributed by atoms with van der Waals surface area (Å²) in [6.45, 7) is 6.32. The molecule has 6 heteroatoms. The molecular formula is C11H20N2O2S2. The molecule has 0 atom stereocenters. The van der Waals surface area contributed by atoms with Gasteiger partial charge < -0.3 is 5.32 Å². The molecule has 0 unspecified atom stereocenters. The lowest BCUT2D eigenvalue weighted by atomic mass is 10.3. The van der Waals surface area contributed by atoms with E-state index in [1.807, 2.05) is 13.0 Å². The van der Waals surface area contributed by atoms with E-state index in [0.29, 0.717) is 10.8 Å². The first kappa shape index (κ1) is 14.6. The molecule has 1 aromatic heterocycles. The molecule has 0 aliphatic carbocycles. The second-order valence-corrected chi connectivity index (χ2v) is 6.88. The largest absolute Gasteiger partial charge is 0.317 e. The number of sulfonamides is 1. The third kappa shape index (κ3) is 4.75. The summed E-state index contributed by atoms with van der Waals surface area (Å²) < 4.78 is 26.6. The maximum Gasteiger partial charge on any atom is 0.250 e. The zero-order chi connectivity index (χ0) is 12.7. The molecule has 0 amide bonds. The first-order valence-electron chi connectivity index (χ1n) is 5.89. The van der Waals surface area contributed by atoms with E-state index < -0.39 is 10.0 Å². The van der Waals surface area contributed by atoms with Crippen LogP contribution in [0, 0.1) is 0 Å². The summed E-state index contributed by atoms with van der Waals surface area (Å²) in [5, 5.41) is 3.22. The van der Waals surface area contributed by atoms with Gasteiger partial charge in [-0.15, -0.1) is 11.3 Å². The number of likely N-dealkylation sites (N-methyl/N-ethyl adjacent to an activating group) is 1. The molecule has 0 fully saturated rings. The summed E-state index contributed by atoms with van der Waals surface area (Å²) in [4.78, 5) is 1.10. The Hall–Kier alpha value is -0.430. The Balaban J connectivity index is 2.60. The van der Waals surface area contributed by atoms with E-state index in [0.717, 1.165) is 30.8 Å². The van der Waals surface area contributed by atoms with Crippen LogP contribution in [-0.4, -0.2) is 28.1 Å². The lowest BCUT2D eigenvalue weighted by Gasteiger charge is -2.02. The topological polar surface area (TPSA) is 58.2 Å². The van der Waals surface area contributed by atoms with Crippen molar-refractivity contribution in [2.75, 3.05) is 19.6 Å². The van der Waals surface area contributed by atoms with E-state index in [1.165, 1.54) is 11.3 Å². The molecule has 1 heterocycles. The summed E-state index contributed by atoms with van der Waals surface area (Å²) in [5.74, 6) is 0. The Morgan fingerprint density at radius 2 is 2.00 bits per heavy atom. The zero-order valence-electron chi connectivity index (χ0n) is 10.3. The van der Waals surface area contributed by atoms with Gasteiger partial charge in [-0.1, -0.05) is 13.8 Å². The Morgan fingerprint density at radius 1 is 1.24 bits per heavy atom. The van der Waals surface area contributed by atoms with Crippen LogP contribution in [-0.2, 0) is 16.4 Å². The zero-order valence-corrected chi connectivity index (χ0v) is 12.0. The highest BCUT2D eigenvalue weighted by Gasteiger charge is 2.15. The van der Waals surface area contributed by atoms with Gasteiger partial charge in [-0.3, -0.25) is 0 Å². The van der Waals surface area contributed by atoms with Crippen molar-refractivity contribution in [3.63, 3.8) is 0 Å². The molecule has 1 aromatic rings. The van der Waals surface area contributed by atoms with Gasteiger partial charge in [0.05, 0.1) is 0 Å². The lowest BCUT2D eigenvalue weighted by molar-refractivity contribution is 0.583. The second kappa shape index (κ2) is 7.10. The Kier molecular flexibility index (Phi) is 6.11. The highest BCUT2D eigenvalue weighted by atomic mass is 32.2. The predicted octanol–water partition coefficient (Wildman–Crippen LogP) is 1.59. The average Bonchev–Trinajstić information content (AvgIpc) is 2.76. The number of nitrogens with one attached hydrogen (secondary N) is 2. The van der Waals surface area contributed by atoms with Gasteiger partial charge in [0.2, 0.25) is 10.0 Å². The summed E-state index contributed by atoms with van der Waals surface area (Å²) in [7, 11) is -3.28. The fourth-order valence-corrected chi connectivity index (χ4v) is 3.87. The van der Waals surface area contributed by atoms with Crippen LogP contribution in [0.15, 0.2) is 16.3 Å². The molecule has 1 rings (SSSR count). The molecular weight excluding hydrogens is 256 g/mol. The van der Waals surface area contributed by atoms with Crippen LogP contribution in [0.25, 0.3) is 0 Å². The van der Waals surface area contributed by atoms with E-state index >= 15 is 0 Å². The standard InChI is InChI=1S/C11H20N2O2S2/c1-3-8-13-17(14,15)11-6-5-10(16-11)7-9-12-4-2/h5-6,12-13H,3-4,7-9H2,1-2H3. The van der Waals surface area contributed by atoms with Crippen molar-refractivity contribution in [3.8, 4) is 0 Å². The molecule has 0 aromatic carbocycles. The molecule has 0 saturated carbocycles. The van der Waals surface area contributed by atoms with Crippen molar-refractivity contribution >= 4 is 21.4 Å². The maximum absolute atomic E-state index is 11.8. The van der Waals surface area contributed by atoms with Crippen LogP contribution in [0.3, 0.4) is 0 Å². The van der Waals surface area contributed by atoms with Crippen molar-refractivity contribution in [2.24, 2.45) is 0 Å². The molecule has 0 aliphatic rings. The minimum atomic E-state index is -3.28. The van der Waals surface area contributed by atoms with Crippen LogP contribution >= 0.6 is 11.3 Å². The van der Waals surface area contributed by atoms with Crippen molar-refractivity contribution < 1.29 is 8.42 Å². The maximum atomic E-state index is 11.8. The normalized spacial score (nSPS) is 11.9. The summed E-state index contributed by atoms with van der Waals surface area (Å²) >= 11 is 1.35. The van der Waals surface area contributed by atoms with Gasteiger partial charge >= 0.3 is 0 Å². The van der Waals surface area contributed by atoms with Gasteiger partial charge in [0.1, 0.15) is 4.21 Å². The highest BCUT2D eigenvalue weighted by molar-refractivity contribution is 7.91. The van der Waals surface area contributed by atoms with E-state index in [-0.39, 0.29) is 0 Å².